The molecule has 3 aromatic carbocycles. The van der Waals surface area contributed by atoms with Gasteiger partial charge in [-0.3, -0.25) is 4.79 Å². The van der Waals surface area contributed by atoms with E-state index < -0.39 is 17.6 Å². The molecule has 0 aliphatic rings. The van der Waals surface area contributed by atoms with Crippen LogP contribution < -0.4 is 10.6 Å². The van der Waals surface area contributed by atoms with Crippen LogP contribution in [0.15, 0.2) is 72.8 Å². The average molecular weight is 370 g/mol. The maximum atomic E-state index is 13.1. The lowest BCUT2D eigenvalue weighted by molar-refractivity contribution is -0.136. The summed E-state index contributed by atoms with van der Waals surface area (Å²) in [5.41, 5.74) is 1.39. The Labute approximate surface area is 154 Å². The van der Waals surface area contributed by atoms with Gasteiger partial charge in [-0.1, -0.05) is 42.5 Å². The SMILES string of the molecule is Cc1ccccc1Nc1ccccc1C(=O)Nc1ccccc1C(F)(F)F. The van der Waals surface area contributed by atoms with E-state index in [9.17, 15) is 18.0 Å². The fourth-order valence-corrected chi connectivity index (χ4v) is 2.68. The normalized spacial score (nSPS) is 11.1. The van der Waals surface area contributed by atoms with Crippen LogP contribution in [0, 0.1) is 6.92 Å². The number of carbonyl (C=O) groups excluding carboxylic acids is 1. The molecule has 3 aromatic rings. The summed E-state index contributed by atoms with van der Waals surface area (Å²) in [7, 11) is 0. The van der Waals surface area contributed by atoms with Crippen LogP contribution in [0.4, 0.5) is 30.2 Å². The van der Waals surface area contributed by atoms with Gasteiger partial charge in [0.15, 0.2) is 0 Å². The lowest BCUT2D eigenvalue weighted by Gasteiger charge is -2.16. The van der Waals surface area contributed by atoms with E-state index in [0.717, 1.165) is 17.3 Å². The Morgan fingerprint density at radius 2 is 1.33 bits per heavy atom. The van der Waals surface area contributed by atoms with E-state index in [1.807, 2.05) is 31.2 Å². The maximum absolute atomic E-state index is 13.1. The number of carbonyl (C=O) groups is 1. The Hall–Kier alpha value is -3.28. The smallest absolute Gasteiger partial charge is 0.355 e. The molecular formula is C21H17F3N2O. The summed E-state index contributed by atoms with van der Waals surface area (Å²) in [5, 5.41) is 5.54. The van der Waals surface area contributed by atoms with Crippen molar-refractivity contribution in [2.24, 2.45) is 0 Å². The number of para-hydroxylation sites is 3. The lowest BCUT2D eigenvalue weighted by Crippen LogP contribution is -2.17. The molecule has 0 saturated heterocycles. The number of anilines is 3. The molecule has 0 aliphatic carbocycles. The van der Waals surface area contributed by atoms with E-state index in [4.69, 9.17) is 0 Å². The van der Waals surface area contributed by atoms with Gasteiger partial charge >= 0.3 is 6.18 Å². The number of hydrogen-bond donors (Lipinski definition) is 2. The third-order valence-corrected chi connectivity index (χ3v) is 4.07. The second-order valence-electron chi connectivity index (χ2n) is 5.98. The highest BCUT2D eigenvalue weighted by Crippen LogP contribution is 2.35. The van der Waals surface area contributed by atoms with Gasteiger partial charge in [0.2, 0.25) is 0 Å². The molecule has 0 radical (unpaired) electrons. The van der Waals surface area contributed by atoms with Crippen LogP contribution in [0.5, 0.6) is 0 Å². The van der Waals surface area contributed by atoms with Gasteiger partial charge in [0.1, 0.15) is 0 Å². The summed E-state index contributed by atoms with van der Waals surface area (Å²) in [5.74, 6) is -0.622. The molecule has 0 spiro atoms. The van der Waals surface area contributed by atoms with Crippen LogP contribution in [0.1, 0.15) is 21.5 Å². The Balaban J connectivity index is 1.90. The highest BCUT2D eigenvalue weighted by Gasteiger charge is 2.33. The predicted octanol–water partition coefficient (Wildman–Crippen LogP) is 6.01. The molecule has 0 aliphatic heterocycles. The minimum Gasteiger partial charge on any atom is -0.355 e. The largest absolute Gasteiger partial charge is 0.418 e. The van der Waals surface area contributed by atoms with E-state index in [1.54, 1.807) is 24.3 Å². The van der Waals surface area contributed by atoms with Crippen LogP contribution in [0.25, 0.3) is 0 Å². The van der Waals surface area contributed by atoms with Crippen molar-refractivity contribution in [1.29, 1.82) is 0 Å². The van der Waals surface area contributed by atoms with E-state index in [0.29, 0.717) is 5.69 Å². The molecule has 0 aromatic heterocycles. The number of rotatable bonds is 4. The fourth-order valence-electron chi connectivity index (χ4n) is 2.68. The second kappa shape index (κ2) is 7.53. The van der Waals surface area contributed by atoms with Gasteiger partial charge < -0.3 is 10.6 Å². The topological polar surface area (TPSA) is 41.1 Å². The minimum atomic E-state index is -4.55. The maximum Gasteiger partial charge on any atom is 0.418 e. The summed E-state index contributed by atoms with van der Waals surface area (Å²) in [6.07, 6.45) is -4.55. The number of alkyl halides is 3. The third kappa shape index (κ3) is 4.28. The highest BCUT2D eigenvalue weighted by molar-refractivity contribution is 6.08. The third-order valence-electron chi connectivity index (χ3n) is 4.07. The van der Waals surface area contributed by atoms with E-state index >= 15 is 0 Å². The quantitative estimate of drug-likeness (QED) is 0.590. The molecule has 0 bridgehead atoms. The van der Waals surface area contributed by atoms with Gasteiger partial charge in [-0.05, 0) is 42.8 Å². The summed E-state index contributed by atoms with van der Waals surface area (Å²) >= 11 is 0. The fraction of sp³-hybridized carbons (Fsp3) is 0.0952. The van der Waals surface area contributed by atoms with E-state index in [1.165, 1.54) is 18.2 Å². The van der Waals surface area contributed by atoms with Crippen LogP contribution >= 0.6 is 0 Å². The van der Waals surface area contributed by atoms with Gasteiger partial charge in [0.25, 0.3) is 5.91 Å². The first-order valence-electron chi connectivity index (χ1n) is 8.25. The highest BCUT2D eigenvalue weighted by atomic mass is 19.4. The van der Waals surface area contributed by atoms with Gasteiger partial charge in [-0.15, -0.1) is 0 Å². The Morgan fingerprint density at radius 3 is 2.00 bits per heavy atom. The van der Waals surface area contributed by atoms with E-state index in [2.05, 4.69) is 10.6 Å². The molecule has 2 N–H and O–H groups in total. The van der Waals surface area contributed by atoms with Crippen LogP contribution in [-0.4, -0.2) is 5.91 Å². The van der Waals surface area contributed by atoms with Crippen molar-refractivity contribution in [3.8, 4) is 0 Å². The lowest BCUT2D eigenvalue weighted by atomic mass is 10.1. The van der Waals surface area contributed by atoms with Gasteiger partial charge in [-0.2, -0.15) is 13.2 Å². The molecule has 3 rings (SSSR count). The standard InChI is InChI=1S/C21H17F3N2O/c1-14-8-2-5-11-17(14)25-18-12-6-3-9-15(18)20(27)26-19-13-7-4-10-16(19)21(22,23)24/h2-13,25H,1H3,(H,26,27). The van der Waals surface area contributed by atoms with Crippen molar-refractivity contribution in [1.82, 2.24) is 0 Å². The number of halogens is 3. The molecule has 6 heteroatoms. The Kier molecular flexibility index (Phi) is 5.16. The molecule has 3 nitrogen and oxygen atoms in total. The number of nitrogens with one attached hydrogen (secondary N) is 2. The van der Waals surface area contributed by atoms with Gasteiger partial charge in [-0.25, -0.2) is 0 Å². The molecule has 0 fully saturated rings. The van der Waals surface area contributed by atoms with Gasteiger partial charge in [0.05, 0.1) is 22.5 Å². The van der Waals surface area contributed by atoms with E-state index in [-0.39, 0.29) is 11.3 Å². The zero-order valence-electron chi connectivity index (χ0n) is 14.5. The van der Waals surface area contributed by atoms with Crippen LogP contribution in [0.2, 0.25) is 0 Å². The Morgan fingerprint density at radius 1 is 0.778 bits per heavy atom. The van der Waals surface area contributed by atoms with Crippen molar-refractivity contribution >= 4 is 23.0 Å². The summed E-state index contributed by atoms with van der Waals surface area (Å²) in [4.78, 5) is 12.7. The first-order valence-corrected chi connectivity index (χ1v) is 8.25. The Bertz CT molecular complexity index is 967. The number of benzene rings is 3. The van der Waals surface area contributed by atoms with Crippen molar-refractivity contribution in [3.05, 3.63) is 89.5 Å². The second-order valence-corrected chi connectivity index (χ2v) is 5.98. The summed E-state index contributed by atoms with van der Waals surface area (Å²) in [6, 6.07) is 19.1. The van der Waals surface area contributed by atoms with Crippen molar-refractivity contribution < 1.29 is 18.0 Å². The number of amides is 1. The molecule has 27 heavy (non-hydrogen) atoms. The van der Waals surface area contributed by atoms with Gasteiger partial charge in [0, 0.05) is 5.69 Å². The summed E-state index contributed by atoms with van der Waals surface area (Å²) < 4.78 is 39.4. The summed E-state index contributed by atoms with van der Waals surface area (Å²) in [6.45, 7) is 1.92. The van der Waals surface area contributed by atoms with Crippen LogP contribution in [0.3, 0.4) is 0 Å². The predicted molar refractivity (Wildman–Crippen MR) is 100 cm³/mol. The number of aryl methyl sites for hydroxylation is 1. The molecular weight excluding hydrogens is 353 g/mol. The molecule has 0 atom stereocenters. The average Bonchev–Trinajstić information content (AvgIpc) is 2.63. The minimum absolute atomic E-state index is 0.248. The zero-order chi connectivity index (χ0) is 19.4. The monoisotopic (exact) mass is 370 g/mol. The molecule has 0 unspecified atom stereocenters. The molecule has 138 valence electrons. The van der Waals surface area contributed by atoms with Crippen LogP contribution in [-0.2, 0) is 6.18 Å². The molecule has 1 amide bonds. The van der Waals surface area contributed by atoms with Crippen molar-refractivity contribution in [3.63, 3.8) is 0 Å². The molecule has 0 saturated carbocycles. The zero-order valence-corrected chi connectivity index (χ0v) is 14.5. The molecule has 0 heterocycles. The van der Waals surface area contributed by atoms with Crippen molar-refractivity contribution in [2.75, 3.05) is 10.6 Å². The first-order chi connectivity index (χ1) is 12.9. The number of hydrogen-bond acceptors (Lipinski definition) is 2. The first kappa shape index (κ1) is 18.5. The van der Waals surface area contributed by atoms with Crippen molar-refractivity contribution in [2.45, 2.75) is 13.1 Å².